The van der Waals surface area contributed by atoms with Crippen LogP contribution in [0.3, 0.4) is 0 Å². The summed E-state index contributed by atoms with van der Waals surface area (Å²) < 4.78 is 0. The zero-order chi connectivity index (χ0) is 17.0. The van der Waals surface area contributed by atoms with Gasteiger partial charge in [0.25, 0.3) is 0 Å². The summed E-state index contributed by atoms with van der Waals surface area (Å²) >= 11 is 0. The van der Waals surface area contributed by atoms with Crippen LogP contribution in [0.25, 0.3) is 0 Å². The maximum atomic E-state index is 12.2. The topological polar surface area (TPSA) is 61.8 Å². The standard InChI is InChI=1S/C18H25N3O2/c1-13(18(2,3)4)19-20-17(23)15-10-16(22)21(12-15)11-14-8-6-5-7-9-14/h5-9,15H,10-12H2,1-4H3,(H,20,23)/b19-13+. The number of benzene rings is 1. The predicted octanol–water partition coefficient (Wildman–Crippen LogP) is 2.57. The Balaban J connectivity index is 1.93. The molecule has 1 aromatic rings. The van der Waals surface area contributed by atoms with Crippen LogP contribution in [0.4, 0.5) is 0 Å². The zero-order valence-corrected chi connectivity index (χ0v) is 14.3. The van der Waals surface area contributed by atoms with Crippen molar-refractivity contribution in [3.05, 3.63) is 35.9 Å². The van der Waals surface area contributed by atoms with E-state index in [1.807, 2.05) is 58.0 Å². The Hall–Kier alpha value is -2.17. The molecule has 2 amide bonds. The van der Waals surface area contributed by atoms with Crippen molar-refractivity contribution < 1.29 is 9.59 Å². The number of hydrogen-bond donors (Lipinski definition) is 1. The van der Waals surface area contributed by atoms with Gasteiger partial charge in [-0.05, 0) is 12.5 Å². The number of hydrogen-bond acceptors (Lipinski definition) is 3. The first-order chi connectivity index (χ1) is 10.8. The van der Waals surface area contributed by atoms with Gasteiger partial charge in [0.05, 0.1) is 5.92 Å². The van der Waals surface area contributed by atoms with Crippen LogP contribution in [0.5, 0.6) is 0 Å². The van der Waals surface area contributed by atoms with Crippen molar-refractivity contribution in [2.75, 3.05) is 6.54 Å². The summed E-state index contributed by atoms with van der Waals surface area (Å²) in [5.74, 6) is -0.495. The van der Waals surface area contributed by atoms with E-state index >= 15 is 0 Å². The van der Waals surface area contributed by atoms with E-state index in [1.54, 1.807) is 4.90 Å². The first-order valence-electron chi connectivity index (χ1n) is 7.93. The van der Waals surface area contributed by atoms with Crippen molar-refractivity contribution in [1.29, 1.82) is 0 Å². The quantitative estimate of drug-likeness (QED) is 0.685. The van der Waals surface area contributed by atoms with Crippen LogP contribution in [0, 0.1) is 11.3 Å². The summed E-state index contributed by atoms with van der Waals surface area (Å²) in [7, 11) is 0. The minimum Gasteiger partial charge on any atom is -0.338 e. The molecule has 1 heterocycles. The fourth-order valence-corrected chi connectivity index (χ4v) is 2.30. The van der Waals surface area contributed by atoms with Crippen molar-refractivity contribution in [1.82, 2.24) is 10.3 Å². The highest BCUT2D eigenvalue weighted by Crippen LogP contribution is 2.21. The molecule has 5 heteroatoms. The zero-order valence-electron chi connectivity index (χ0n) is 14.3. The maximum absolute atomic E-state index is 12.2. The fourth-order valence-electron chi connectivity index (χ4n) is 2.30. The van der Waals surface area contributed by atoms with E-state index in [-0.39, 0.29) is 29.6 Å². The molecule has 1 unspecified atom stereocenters. The van der Waals surface area contributed by atoms with E-state index < -0.39 is 0 Å². The summed E-state index contributed by atoms with van der Waals surface area (Å²) in [4.78, 5) is 26.1. The van der Waals surface area contributed by atoms with Gasteiger partial charge >= 0.3 is 0 Å². The molecule has 1 fully saturated rings. The Morgan fingerprint density at radius 1 is 1.30 bits per heavy atom. The number of likely N-dealkylation sites (tertiary alicyclic amines) is 1. The summed E-state index contributed by atoms with van der Waals surface area (Å²) in [5.41, 5.74) is 4.45. The Morgan fingerprint density at radius 3 is 2.57 bits per heavy atom. The van der Waals surface area contributed by atoms with Gasteiger partial charge in [-0.1, -0.05) is 51.1 Å². The van der Waals surface area contributed by atoms with E-state index in [0.717, 1.165) is 11.3 Å². The van der Waals surface area contributed by atoms with Gasteiger partial charge in [0.2, 0.25) is 11.8 Å². The smallest absolute Gasteiger partial charge is 0.245 e. The Labute approximate surface area is 137 Å². The molecule has 2 rings (SSSR count). The van der Waals surface area contributed by atoms with Gasteiger partial charge in [-0.15, -0.1) is 0 Å². The molecule has 0 spiro atoms. The fraction of sp³-hybridized carbons (Fsp3) is 0.500. The molecule has 1 saturated heterocycles. The van der Waals surface area contributed by atoms with Gasteiger partial charge < -0.3 is 4.90 Å². The van der Waals surface area contributed by atoms with Crippen molar-refractivity contribution in [3.63, 3.8) is 0 Å². The van der Waals surface area contributed by atoms with Crippen LogP contribution < -0.4 is 5.43 Å². The van der Waals surface area contributed by atoms with Gasteiger partial charge in [0.15, 0.2) is 0 Å². The molecule has 23 heavy (non-hydrogen) atoms. The molecule has 1 aliphatic heterocycles. The molecule has 0 bridgehead atoms. The summed E-state index contributed by atoms with van der Waals surface area (Å²) in [6.45, 7) is 9.01. The summed E-state index contributed by atoms with van der Waals surface area (Å²) in [6, 6.07) is 9.81. The van der Waals surface area contributed by atoms with Crippen LogP contribution >= 0.6 is 0 Å². The van der Waals surface area contributed by atoms with Crippen molar-refractivity contribution >= 4 is 17.5 Å². The molecule has 124 valence electrons. The number of rotatable bonds is 4. The highest BCUT2D eigenvalue weighted by Gasteiger charge is 2.34. The molecule has 0 radical (unpaired) electrons. The lowest BCUT2D eigenvalue weighted by molar-refractivity contribution is -0.129. The second kappa shape index (κ2) is 6.94. The highest BCUT2D eigenvalue weighted by atomic mass is 16.2. The van der Waals surface area contributed by atoms with Gasteiger partial charge in [0.1, 0.15) is 0 Å². The molecule has 1 aromatic carbocycles. The first kappa shape index (κ1) is 17.2. The van der Waals surface area contributed by atoms with Crippen LogP contribution in [-0.4, -0.2) is 29.0 Å². The SMILES string of the molecule is C/C(=N\NC(=O)C1CC(=O)N(Cc2ccccc2)C1)C(C)(C)C. The number of hydrazone groups is 1. The van der Waals surface area contributed by atoms with Gasteiger partial charge in [0, 0.05) is 30.6 Å². The van der Waals surface area contributed by atoms with E-state index in [4.69, 9.17) is 0 Å². The third-order valence-electron chi connectivity index (χ3n) is 4.22. The molecule has 0 aromatic heterocycles. The average Bonchev–Trinajstić information content (AvgIpc) is 2.85. The van der Waals surface area contributed by atoms with Crippen LogP contribution in [-0.2, 0) is 16.1 Å². The lowest BCUT2D eigenvalue weighted by atomic mass is 9.91. The monoisotopic (exact) mass is 315 g/mol. The molecule has 1 atom stereocenters. The Bertz CT molecular complexity index is 602. The average molecular weight is 315 g/mol. The molecule has 1 aliphatic rings. The molecular formula is C18H25N3O2. The van der Waals surface area contributed by atoms with E-state index in [9.17, 15) is 9.59 Å². The number of nitrogens with zero attached hydrogens (tertiary/aromatic N) is 2. The van der Waals surface area contributed by atoms with Crippen LogP contribution in [0.2, 0.25) is 0 Å². The lowest BCUT2D eigenvalue weighted by Crippen LogP contribution is -2.31. The number of nitrogens with one attached hydrogen (secondary N) is 1. The third kappa shape index (κ3) is 4.65. The van der Waals surface area contributed by atoms with Gasteiger partial charge in [-0.3, -0.25) is 9.59 Å². The van der Waals surface area contributed by atoms with E-state index in [2.05, 4.69) is 10.5 Å². The van der Waals surface area contributed by atoms with Crippen LogP contribution in [0.15, 0.2) is 35.4 Å². The lowest BCUT2D eigenvalue weighted by Gasteiger charge is -2.18. The number of amides is 2. The van der Waals surface area contributed by atoms with E-state index in [0.29, 0.717) is 13.1 Å². The van der Waals surface area contributed by atoms with Gasteiger partial charge in [-0.25, -0.2) is 5.43 Å². The van der Waals surface area contributed by atoms with Crippen LogP contribution in [0.1, 0.15) is 39.7 Å². The molecule has 0 saturated carbocycles. The summed E-state index contributed by atoms with van der Waals surface area (Å²) in [5, 5.41) is 4.16. The molecule has 5 nitrogen and oxygen atoms in total. The minimum atomic E-state index is -0.331. The highest BCUT2D eigenvalue weighted by molar-refractivity contribution is 5.91. The maximum Gasteiger partial charge on any atom is 0.245 e. The number of carbonyl (C=O) groups is 2. The minimum absolute atomic E-state index is 0.0190. The molecular weight excluding hydrogens is 290 g/mol. The Morgan fingerprint density at radius 2 is 1.96 bits per heavy atom. The molecule has 0 aliphatic carbocycles. The normalized spacial score (nSPS) is 19.1. The third-order valence-corrected chi connectivity index (χ3v) is 4.22. The van der Waals surface area contributed by atoms with Crippen molar-refractivity contribution in [2.24, 2.45) is 16.4 Å². The van der Waals surface area contributed by atoms with Gasteiger partial charge in [-0.2, -0.15) is 5.10 Å². The molecule has 1 N–H and O–H groups in total. The Kier molecular flexibility index (Phi) is 5.19. The first-order valence-corrected chi connectivity index (χ1v) is 7.93. The van der Waals surface area contributed by atoms with Crippen molar-refractivity contribution in [2.45, 2.75) is 40.7 Å². The van der Waals surface area contributed by atoms with Crippen molar-refractivity contribution in [3.8, 4) is 0 Å². The number of carbonyl (C=O) groups excluding carboxylic acids is 2. The summed E-state index contributed by atoms with van der Waals surface area (Å²) in [6.07, 6.45) is 0.253. The predicted molar refractivity (Wildman–Crippen MR) is 90.7 cm³/mol. The second-order valence-electron chi connectivity index (χ2n) is 7.08. The van der Waals surface area contributed by atoms with E-state index in [1.165, 1.54) is 0 Å². The second-order valence-corrected chi connectivity index (χ2v) is 7.08. The largest absolute Gasteiger partial charge is 0.338 e.